The van der Waals surface area contributed by atoms with E-state index in [0.29, 0.717) is 5.56 Å². The maximum absolute atomic E-state index is 11.3. The SMILES string of the molecule is CNC(=O)c1ccc2ncc(Br)n2c1. The van der Waals surface area contributed by atoms with Gasteiger partial charge in [0.2, 0.25) is 0 Å². The number of halogens is 1. The summed E-state index contributed by atoms with van der Waals surface area (Å²) in [7, 11) is 1.61. The number of imidazole rings is 1. The van der Waals surface area contributed by atoms with E-state index >= 15 is 0 Å². The molecule has 1 N–H and O–H groups in total. The van der Waals surface area contributed by atoms with Crippen LogP contribution in [0.2, 0.25) is 0 Å². The Morgan fingerprint density at radius 1 is 1.57 bits per heavy atom. The lowest BCUT2D eigenvalue weighted by Gasteiger charge is -2.00. The standard InChI is InChI=1S/C9H8BrN3O/c1-11-9(14)6-2-3-8-12-4-7(10)13(8)5-6/h2-5H,1H3,(H,11,14). The second kappa shape index (κ2) is 3.42. The monoisotopic (exact) mass is 253 g/mol. The number of carbonyl (C=O) groups is 1. The minimum atomic E-state index is -0.104. The van der Waals surface area contributed by atoms with Crippen molar-refractivity contribution < 1.29 is 4.79 Å². The highest BCUT2D eigenvalue weighted by Gasteiger charge is 2.05. The fourth-order valence-corrected chi connectivity index (χ4v) is 1.62. The summed E-state index contributed by atoms with van der Waals surface area (Å²) in [6, 6.07) is 3.54. The lowest BCUT2D eigenvalue weighted by molar-refractivity contribution is 0.0962. The Kier molecular flexibility index (Phi) is 2.25. The van der Waals surface area contributed by atoms with E-state index in [1.165, 1.54) is 0 Å². The number of nitrogens with zero attached hydrogens (tertiary/aromatic N) is 2. The lowest BCUT2D eigenvalue weighted by atomic mass is 10.2. The van der Waals surface area contributed by atoms with Crippen LogP contribution in [-0.4, -0.2) is 22.3 Å². The summed E-state index contributed by atoms with van der Waals surface area (Å²) in [6.07, 6.45) is 3.44. The number of hydrogen-bond acceptors (Lipinski definition) is 2. The first-order valence-electron chi connectivity index (χ1n) is 4.07. The fraction of sp³-hybridized carbons (Fsp3) is 0.111. The minimum absolute atomic E-state index is 0.104. The van der Waals surface area contributed by atoms with Crippen molar-refractivity contribution in [2.75, 3.05) is 7.05 Å². The van der Waals surface area contributed by atoms with Crippen molar-refractivity contribution in [2.45, 2.75) is 0 Å². The molecular weight excluding hydrogens is 246 g/mol. The van der Waals surface area contributed by atoms with Crippen LogP contribution < -0.4 is 5.32 Å². The van der Waals surface area contributed by atoms with Gasteiger partial charge in [-0.3, -0.25) is 9.20 Å². The molecule has 5 heteroatoms. The van der Waals surface area contributed by atoms with Gasteiger partial charge in [-0.2, -0.15) is 0 Å². The Balaban J connectivity index is 2.60. The van der Waals surface area contributed by atoms with Crippen LogP contribution in [0.3, 0.4) is 0 Å². The molecule has 2 rings (SSSR count). The topological polar surface area (TPSA) is 46.4 Å². The van der Waals surface area contributed by atoms with E-state index < -0.39 is 0 Å². The van der Waals surface area contributed by atoms with Crippen LogP contribution in [0.25, 0.3) is 5.65 Å². The summed E-state index contributed by atoms with van der Waals surface area (Å²) < 4.78 is 2.64. The second-order valence-electron chi connectivity index (χ2n) is 2.81. The van der Waals surface area contributed by atoms with Crippen LogP contribution in [-0.2, 0) is 0 Å². The zero-order valence-electron chi connectivity index (χ0n) is 7.49. The Hall–Kier alpha value is -1.36. The maximum Gasteiger partial charge on any atom is 0.252 e. The predicted octanol–water partition coefficient (Wildman–Crippen LogP) is 1.46. The van der Waals surface area contributed by atoms with Gasteiger partial charge in [-0.05, 0) is 28.1 Å². The number of aromatic nitrogens is 2. The van der Waals surface area contributed by atoms with Crippen molar-refractivity contribution in [3.05, 3.63) is 34.7 Å². The van der Waals surface area contributed by atoms with Crippen LogP contribution in [0.1, 0.15) is 10.4 Å². The number of pyridine rings is 1. The average Bonchev–Trinajstić information content (AvgIpc) is 2.59. The molecular formula is C9H8BrN3O. The van der Waals surface area contributed by atoms with Gasteiger partial charge in [0.25, 0.3) is 5.91 Å². The quantitative estimate of drug-likeness (QED) is 0.837. The number of hydrogen-bond donors (Lipinski definition) is 1. The van der Waals surface area contributed by atoms with Gasteiger partial charge >= 0.3 is 0 Å². The third-order valence-electron chi connectivity index (χ3n) is 1.95. The summed E-state index contributed by atoms with van der Waals surface area (Å²) in [5, 5.41) is 2.57. The van der Waals surface area contributed by atoms with E-state index in [9.17, 15) is 4.79 Å². The van der Waals surface area contributed by atoms with Gasteiger partial charge in [-0.25, -0.2) is 4.98 Å². The number of amides is 1. The number of nitrogens with one attached hydrogen (secondary N) is 1. The molecule has 2 heterocycles. The van der Waals surface area contributed by atoms with Crippen LogP contribution >= 0.6 is 15.9 Å². The van der Waals surface area contributed by atoms with Crippen molar-refractivity contribution in [1.82, 2.24) is 14.7 Å². The smallest absolute Gasteiger partial charge is 0.252 e. The third kappa shape index (κ3) is 1.39. The van der Waals surface area contributed by atoms with Crippen molar-refractivity contribution in [3.8, 4) is 0 Å². The fourth-order valence-electron chi connectivity index (χ4n) is 1.23. The first-order valence-corrected chi connectivity index (χ1v) is 4.86. The molecule has 0 aliphatic heterocycles. The molecule has 2 aromatic rings. The Labute approximate surface area is 89.1 Å². The Morgan fingerprint density at radius 2 is 2.36 bits per heavy atom. The summed E-state index contributed by atoms with van der Waals surface area (Å²) >= 11 is 3.34. The van der Waals surface area contributed by atoms with E-state index in [0.717, 1.165) is 10.3 Å². The molecule has 14 heavy (non-hydrogen) atoms. The maximum atomic E-state index is 11.3. The molecule has 0 spiro atoms. The van der Waals surface area contributed by atoms with Gasteiger partial charge in [0.1, 0.15) is 10.3 Å². The summed E-state index contributed by atoms with van der Waals surface area (Å²) in [5.41, 5.74) is 1.42. The van der Waals surface area contributed by atoms with Gasteiger partial charge in [0.05, 0.1) is 11.8 Å². The number of fused-ring (bicyclic) bond motifs is 1. The van der Waals surface area contributed by atoms with E-state index in [4.69, 9.17) is 0 Å². The van der Waals surface area contributed by atoms with E-state index in [2.05, 4.69) is 26.2 Å². The molecule has 0 aromatic carbocycles. The zero-order valence-corrected chi connectivity index (χ0v) is 9.08. The molecule has 0 atom stereocenters. The van der Waals surface area contributed by atoms with Crippen molar-refractivity contribution in [2.24, 2.45) is 0 Å². The first kappa shape index (κ1) is 9.21. The molecule has 0 bridgehead atoms. The Morgan fingerprint density at radius 3 is 3.07 bits per heavy atom. The lowest BCUT2D eigenvalue weighted by Crippen LogP contribution is -2.18. The molecule has 0 saturated heterocycles. The molecule has 72 valence electrons. The van der Waals surface area contributed by atoms with Crippen LogP contribution in [0.4, 0.5) is 0 Å². The molecule has 2 aromatic heterocycles. The number of rotatable bonds is 1. The molecule has 0 aliphatic carbocycles. The van der Waals surface area contributed by atoms with Crippen molar-refractivity contribution >= 4 is 27.5 Å². The van der Waals surface area contributed by atoms with Crippen LogP contribution in [0, 0.1) is 0 Å². The third-order valence-corrected chi connectivity index (χ3v) is 2.54. The first-order chi connectivity index (χ1) is 6.72. The summed E-state index contributed by atoms with van der Waals surface area (Å²) in [4.78, 5) is 15.5. The van der Waals surface area contributed by atoms with Crippen LogP contribution in [0.15, 0.2) is 29.1 Å². The highest BCUT2D eigenvalue weighted by Crippen LogP contribution is 2.13. The molecule has 1 amide bonds. The van der Waals surface area contributed by atoms with Gasteiger partial charge in [-0.15, -0.1) is 0 Å². The summed E-state index contributed by atoms with van der Waals surface area (Å²) in [5.74, 6) is -0.104. The largest absolute Gasteiger partial charge is 0.355 e. The normalized spacial score (nSPS) is 10.4. The molecule has 0 saturated carbocycles. The molecule has 4 nitrogen and oxygen atoms in total. The summed E-state index contributed by atoms with van der Waals surface area (Å²) in [6.45, 7) is 0. The van der Waals surface area contributed by atoms with E-state index in [1.807, 2.05) is 4.40 Å². The van der Waals surface area contributed by atoms with Gasteiger partial charge < -0.3 is 5.32 Å². The van der Waals surface area contributed by atoms with Gasteiger partial charge in [0.15, 0.2) is 0 Å². The highest BCUT2D eigenvalue weighted by atomic mass is 79.9. The molecule has 0 aliphatic rings. The van der Waals surface area contributed by atoms with E-state index in [-0.39, 0.29) is 5.91 Å². The van der Waals surface area contributed by atoms with Crippen molar-refractivity contribution in [3.63, 3.8) is 0 Å². The highest BCUT2D eigenvalue weighted by molar-refractivity contribution is 9.10. The van der Waals surface area contributed by atoms with Crippen LogP contribution in [0.5, 0.6) is 0 Å². The predicted molar refractivity (Wildman–Crippen MR) is 56.3 cm³/mol. The molecule has 0 unspecified atom stereocenters. The second-order valence-corrected chi connectivity index (χ2v) is 3.62. The van der Waals surface area contributed by atoms with Gasteiger partial charge in [0, 0.05) is 13.2 Å². The number of carbonyl (C=O) groups excluding carboxylic acids is 1. The average molecular weight is 254 g/mol. The Bertz CT molecular complexity index is 492. The van der Waals surface area contributed by atoms with E-state index in [1.54, 1.807) is 31.6 Å². The minimum Gasteiger partial charge on any atom is -0.355 e. The van der Waals surface area contributed by atoms with Crippen molar-refractivity contribution in [1.29, 1.82) is 0 Å². The zero-order chi connectivity index (χ0) is 10.1. The molecule has 0 radical (unpaired) electrons. The molecule has 0 fully saturated rings. The van der Waals surface area contributed by atoms with Gasteiger partial charge in [-0.1, -0.05) is 0 Å².